The van der Waals surface area contributed by atoms with E-state index in [1.54, 1.807) is 11.8 Å². The van der Waals surface area contributed by atoms with E-state index < -0.39 is 15.9 Å². The molecule has 1 saturated heterocycles. The first kappa shape index (κ1) is 12.3. The molecule has 0 radical (unpaired) electrons. The summed E-state index contributed by atoms with van der Waals surface area (Å²) in [5, 5.41) is 13.0. The van der Waals surface area contributed by atoms with Crippen molar-refractivity contribution in [2.75, 3.05) is 24.3 Å². The average molecular weight is 239 g/mol. The maximum atomic E-state index is 11.2. The van der Waals surface area contributed by atoms with E-state index in [1.165, 1.54) is 0 Å². The van der Waals surface area contributed by atoms with Gasteiger partial charge in [0.15, 0.2) is 9.84 Å². The Morgan fingerprint density at radius 2 is 2.21 bits per heavy atom. The standard InChI is InChI=1S/C8H17NO3S2/c1-6(13-2)3-9-7-4-14(11,12)5-8(7)10/h6-10H,3-5H2,1-2H3. The van der Waals surface area contributed by atoms with Gasteiger partial charge in [-0.05, 0) is 6.26 Å². The number of hydrogen-bond acceptors (Lipinski definition) is 5. The summed E-state index contributed by atoms with van der Waals surface area (Å²) in [6.45, 7) is 2.80. The van der Waals surface area contributed by atoms with E-state index in [-0.39, 0.29) is 17.5 Å². The lowest BCUT2D eigenvalue weighted by molar-refractivity contribution is 0.166. The lowest BCUT2D eigenvalue weighted by Gasteiger charge is -2.17. The van der Waals surface area contributed by atoms with Crippen LogP contribution in [0.1, 0.15) is 6.92 Å². The third-order valence-corrected chi connectivity index (χ3v) is 5.08. The van der Waals surface area contributed by atoms with Gasteiger partial charge in [-0.25, -0.2) is 8.42 Å². The van der Waals surface area contributed by atoms with Crippen molar-refractivity contribution in [1.82, 2.24) is 5.32 Å². The predicted octanol–water partition coefficient (Wildman–Crippen LogP) is -0.515. The van der Waals surface area contributed by atoms with Gasteiger partial charge in [-0.3, -0.25) is 0 Å². The maximum Gasteiger partial charge on any atom is 0.154 e. The van der Waals surface area contributed by atoms with Crippen LogP contribution in [0.5, 0.6) is 0 Å². The van der Waals surface area contributed by atoms with Crippen LogP contribution in [0.4, 0.5) is 0 Å². The van der Waals surface area contributed by atoms with Crippen molar-refractivity contribution in [1.29, 1.82) is 0 Å². The van der Waals surface area contributed by atoms with Gasteiger partial charge in [0.25, 0.3) is 0 Å². The Balaban J connectivity index is 2.40. The molecule has 1 aliphatic heterocycles. The van der Waals surface area contributed by atoms with Crippen LogP contribution in [0.15, 0.2) is 0 Å². The summed E-state index contributed by atoms with van der Waals surface area (Å²) in [4.78, 5) is 0. The van der Waals surface area contributed by atoms with Crippen LogP contribution in [0.3, 0.4) is 0 Å². The molecule has 3 atom stereocenters. The molecule has 1 heterocycles. The Morgan fingerprint density at radius 3 is 2.64 bits per heavy atom. The molecule has 0 saturated carbocycles. The van der Waals surface area contributed by atoms with Gasteiger partial charge in [-0.1, -0.05) is 6.92 Å². The summed E-state index contributed by atoms with van der Waals surface area (Å²) < 4.78 is 22.3. The number of nitrogens with one attached hydrogen (secondary N) is 1. The molecule has 0 aromatic rings. The van der Waals surface area contributed by atoms with Gasteiger partial charge in [0.2, 0.25) is 0 Å². The second-order valence-corrected chi connectivity index (χ2v) is 7.14. The molecule has 0 amide bonds. The Kier molecular flexibility index (Phi) is 4.24. The van der Waals surface area contributed by atoms with Crippen LogP contribution < -0.4 is 5.32 Å². The summed E-state index contributed by atoms with van der Waals surface area (Å²) in [7, 11) is -3.02. The largest absolute Gasteiger partial charge is 0.390 e. The molecular formula is C8H17NO3S2. The molecule has 1 rings (SSSR count). The van der Waals surface area contributed by atoms with Crippen LogP contribution in [0, 0.1) is 0 Å². The van der Waals surface area contributed by atoms with Crippen molar-refractivity contribution in [3.63, 3.8) is 0 Å². The molecule has 3 unspecified atom stereocenters. The van der Waals surface area contributed by atoms with Crippen LogP contribution in [-0.4, -0.2) is 55.2 Å². The molecule has 2 N–H and O–H groups in total. The van der Waals surface area contributed by atoms with E-state index >= 15 is 0 Å². The van der Waals surface area contributed by atoms with Crippen molar-refractivity contribution < 1.29 is 13.5 Å². The molecule has 1 fully saturated rings. The van der Waals surface area contributed by atoms with Crippen LogP contribution >= 0.6 is 11.8 Å². The smallest absolute Gasteiger partial charge is 0.154 e. The summed E-state index contributed by atoms with van der Waals surface area (Å²) in [5.74, 6) is -0.0341. The highest BCUT2D eigenvalue weighted by Gasteiger charge is 2.35. The quantitative estimate of drug-likeness (QED) is 0.691. The summed E-state index contributed by atoms with van der Waals surface area (Å²) in [5.41, 5.74) is 0. The van der Waals surface area contributed by atoms with Gasteiger partial charge >= 0.3 is 0 Å². The first-order chi connectivity index (χ1) is 6.44. The van der Waals surface area contributed by atoms with Crippen molar-refractivity contribution in [2.45, 2.75) is 24.3 Å². The average Bonchev–Trinajstić information content (AvgIpc) is 2.35. The number of rotatable bonds is 4. The molecule has 0 aromatic heterocycles. The monoisotopic (exact) mass is 239 g/mol. The second-order valence-electron chi connectivity index (χ2n) is 3.71. The molecule has 0 aromatic carbocycles. The summed E-state index contributed by atoms with van der Waals surface area (Å²) >= 11 is 1.72. The van der Waals surface area contributed by atoms with E-state index in [9.17, 15) is 13.5 Å². The van der Waals surface area contributed by atoms with E-state index in [1.807, 2.05) is 6.26 Å². The van der Waals surface area contributed by atoms with Crippen molar-refractivity contribution in [3.8, 4) is 0 Å². The highest BCUT2D eigenvalue weighted by molar-refractivity contribution is 7.99. The first-order valence-corrected chi connectivity index (χ1v) is 7.70. The molecule has 0 spiro atoms. The number of hydrogen-bond donors (Lipinski definition) is 2. The van der Waals surface area contributed by atoms with Crippen LogP contribution in [0.25, 0.3) is 0 Å². The third-order valence-electron chi connectivity index (χ3n) is 2.39. The van der Waals surface area contributed by atoms with Gasteiger partial charge in [0.05, 0.1) is 17.6 Å². The van der Waals surface area contributed by atoms with Gasteiger partial charge < -0.3 is 10.4 Å². The Labute approximate surface area is 89.4 Å². The van der Waals surface area contributed by atoms with E-state index in [2.05, 4.69) is 12.2 Å². The highest BCUT2D eigenvalue weighted by Crippen LogP contribution is 2.13. The molecule has 0 aliphatic carbocycles. The second kappa shape index (κ2) is 4.83. The van der Waals surface area contributed by atoms with Gasteiger partial charge in [-0.15, -0.1) is 0 Å². The number of aliphatic hydroxyl groups is 1. The predicted molar refractivity (Wildman–Crippen MR) is 59.4 cm³/mol. The topological polar surface area (TPSA) is 66.4 Å². The minimum atomic E-state index is -3.02. The molecule has 14 heavy (non-hydrogen) atoms. The number of aliphatic hydroxyl groups excluding tert-OH is 1. The molecule has 6 heteroatoms. The van der Waals surface area contributed by atoms with Crippen LogP contribution in [-0.2, 0) is 9.84 Å². The lowest BCUT2D eigenvalue weighted by Crippen LogP contribution is -2.41. The molecule has 0 bridgehead atoms. The fraction of sp³-hybridized carbons (Fsp3) is 1.00. The maximum absolute atomic E-state index is 11.2. The van der Waals surface area contributed by atoms with Crippen molar-refractivity contribution in [3.05, 3.63) is 0 Å². The summed E-state index contributed by atoms with van der Waals surface area (Å²) in [6.07, 6.45) is 1.27. The Hall–Kier alpha value is 0.220. The zero-order valence-corrected chi connectivity index (χ0v) is 10.1. The SMILES string of the molecule is CSC(C)CNC1CS(=O)(=O)CC1O. The van der Waals surface area contributed by atoms with Gasteiger partial charge in [-0.2, -0.15) is 11.8 Å². The molecule has 1 aliphatic rings. The number of sulfone groups is 1. The normalized spacial score (nSPS) is 33.1. The zero-order valence-electron chi connectivity index (χ0n) is 8.43. The Morgan fingerprint density at radius 1 is 1.57 bits per heavy atom. The van der Waals surface area contributed by atoms with Crippen molar-refractivity contribution >= 4 is 21.6 Å². The van der Waals surface area contributed by atoms with Gasteiger partial charge in [0.1, 0.15) is 0 Å². The lowest BCUT2D eigenvalue weighted by atomic mass is 10.2. The zero-order chi connectivity index (χ0) is 10.8. The molecular weight excluding hydrogens is 222 g/mol. The highest BCUT2D eigenvalue weighted by atomic mass is 32.2. The molecule has 4 nitrogen and oxygen atoms in total. The minimum absolute atomic E-state index is 0.0647. The van der Waals surface area contributed by atoms with Crippen LogP contribution in [0.2, 0.25) is 0 Å². The van der Waals surface area contributed by atoms with Crippen molar-refractivity contribution in [2.24, 2.45) is 0 Å². The third kappa shape index (κ3) is 3.42. The molecule has 84 valence electrons. The number of thioether (sulfide) groups is 1. The van der Waals surface area contributed by atoms with E-state index in [4.69, 9.17) is 0 Å². The fourth-order valence-electron chi connectivity index (χ4n) is 1.42. The van der Waals surface area contributed by atoms with E-state index in [0.717, 1.165) is 6.54 Å². The fourth-order valence-corrected chi connectivity index (χ4v) is 3.46. The minimum Gasteiger partial charge on any atom is -0.390 e. The summed E-state index contributed by atoms with van der Waals surface area (Å²) in [6, 6.07) is -0.283. The van der Waals surface area contributed by atoms with E-state index in [0.29, 0.717) is 5.25 Å². The Bertz CT molecular complexity index is 278. The van der Waals surface area contributed by atoms with Gasteiger partial charge in [0, 0.05) is 17.8 Å². The first-order valence-electron chi connectivity index (χ1n) is 4.59.